The van der Waals surface area contributed by atoms with Crippen molar-refractivity contribution in [2.45, 2.75) is 50.6 Å². The monoisotopic (exact) mass is 344 g/mol. The van der Waals surface area contributed by atoms with Gasteiger partial charge in [0.2, 0.25) is 5.91 Å². The Morgan fingerprint density at radius 2 is 2.00 bits per heavy atom. The van der Waals surface area contributed by atoms with Crippen molar-refractivity contribution in [3.63, 3.8) is 0 Å². The molecular weight excluding hydrogens is 320 g/mol. The highest BCUT2D eigenvalue weighted by Crippen LogP contribution is 2.42. The fraction of sp³-hybridized carbons (Fsp3) is 0.800. The highest BCUT2D eigenvalue weighted by molar-refractivity contribution is 6.09. The van der Waals surface area contributed by atoms with E-state index in [1.807, 2.05) is 0 Å². The molecule has 0 bridgehead atoms. The number of carbonyl (C=O) groups is 3. The van der Waals surface area contributed by atoms with E-state index in [0.29, 0.717) is 13.1 Å². The molecule has 1 aliphatic carbocycles. The molecule has 0 aromatic rings. The molecule has 3 N–H and O–H groups in total. The van der Waals surface area contributed by atoms with Crippen LogP contribution in [0.3, 0.4) is 0 Å². The molecule has 0 spiro atoms. The molecule has 3 fully saturated rings. The number of rotatable bonds is 4. The van der Waals surface area contributed by atoms with Gasteiger partial charge in [-0.3, -0.25) is 14.5 Å². The minimum atomic E-state index is -0.827. The van der Waals surface area contributed by atoms with E-state index in [-0.39, 0.29) is 42.7 Å². The van der Waals surface area contributed by atoms with Crippen LogP contribution in [0.2, 0.25) is 0 Å². The molecule has 3 rings (SSSR count). The Labute approximate surface area is 142 Å². The minimum Gasteiger partial charge on any atom is -0.337 e. The Kier molecular flexibility index (Phi) is 5.20. The molecule has 0 aromatic heterocycles. The number of amides is 4. The second kappa shape index (κ2) is 6.65. The third-order valence-corrected chi connectivity index (χ3v) is 5.21. The molecule has 2 atom stereocenters. The van der Waals surface area contributed by atoms with Gasteiger partial charge in [0.05, 0.1) is 0 Å². The lowest BCUT2D eigenvalue weighted by Crippen LogP contribution is -2.52. The maximum absolute atomic E-state index is 12.5. The van der Waals surface area contributed by atoms with E-state index >= 15 is 0 Å². The van der Waals surface area contributed by atoms with Crippen molar-refractivity contribution in [3.8, 4) is 0 Å². The van der Waals surface area contributed by atoms with Crippen LogP contribution in [-0.4, -0.2) is 58.9 Å². The summed E-state index contributed by atoms with van der Waals surface area (Å²) in [4.78, 5) is 39.9. The van der Waals surface area contributed by atoms with Gasteiger partial charge >= 0.3 is 6.03 Å². The standard InChI is InChI=1S/C15H24N4O3.ClH/c1-15(10-5-6-10)13(21)19(14(22)17-15)9-12(20)18-7-3-2-4-11(18)8-16;/h10-11H,2-9,16H2,1H3,(H,17,22);1H. The van der Waals surface area contributed by atoms with E-state index in [2.05, 4.69) is 5.32 Å². The predicted molar refractivity (Wildman–Crippen MR) is 87.0 cm³/mol. The van der Waals surface area contributed by atoms with Gasteiger partial charge in [0, 0.05) is 19.1 Å². The molecule has 2 heterocycles. The first-order valence-corrected chi connectivity index (χ1v) is 8.11. The fourth-order valence-corrected chi connectivity index (χ4v) is 3.60. The predicted octanol–water partition coefficient (Wildman–Crippen LogP) is 0.469. The summed E-state index contributed by atoms with van der Waals surface area (Å²) < 4.78 is 0. The summed E-state index contributed by atoms with van der Waals surface area (Å²) in [5.74, 6) is -0.246. The molecule has 7 nitrogen and oxygen atoms in total. The molecule has 2 saturated heterocycles. The minimum absolute atomic E-state index is 0. The fourth-order valence-electron chi connectivity index (χ4n) is 3.60. The van der Waals surface area contributed by atoms with E-state index in [0.717, 1.165) is 37.0 Å². The summed E-state index contributed by atoms with van der Waals surface area (Å²) in [6.45, 7) is 2.67. The van der Waals surface area contributed by atoms with Crippen molar-refractivity contribution in [1.82, 2.24) is 15.1 Å². The van der Waals surface area contributed by atoms with Crippen molar-refractivity contribution in [1.29, 1.82) is 0 Å². The van der Waals surface area contributed by atoms with Crippen LogP contribution < -0.4 is 11.1 Å². The molecule has 2 aliphatic heterocycles. The van der Waals surface area contributed by atoms with Gasteiger partial charge in [-0.15, -0.1) is 12.4 Å². The molecule has 0 aromatic carbocycles. The molecular formula is C15H25ClN4O3. The normalized spacial score (nSPS) is 31.0. The smallest absolute Gasteiger partial charge is 0.325 e. The molecule has 130 valence electrons. The second-order valence-electron chi connectivity index (χ2n) is 6.77. The number of halogens is 1. The molecule has 1 saturated carbocycles. The number of carbonyl (C=O) groups excluding carboxylic acids is 3. The van der Waals surface area contributed by atoms with Crippen LogP contribution >= 0.6 is 12.4 Å². The Morgan fingerprint density at radius 3 is 2.61 bits per heavy atom. The summed E-state index contributed by atoms with van der Waals surface area (Å²) in [6, 6.07) is -0.425. The Morgan fingerprint density at radius 1 is 1.30 bits per heavy atom. The van der Waals surface area contributed by atoms with Crippen molar-refractivity contribution < 1.29 is 14.4 Å². The van der Waals surface area contributed by atoms with Gasteiger partial charge in [0.1, 0.15) is 12.1 Å². The van der Waals surface area contributed by atoms with E-state index in [9.17, 15) is 14.4 Å². The first kappa shape index (κ1) is 18.0. The van der Waals surface area contributed by atoms with Crippen LogP contribution in [0.4, 0.5) is 4.79 Å². The molecule has 8 heteroatoms. The van der Waals surface area contributed by atoms with Crippen molar-refractivity contribution in [2.24, 2.45) is 11.7 Å². The Hall–Kier alpha value is -1.34. The van der Waals surface area contributed by atoms with Crippen LogP contribution in [0.25, 0.3) is 0 Å². The third kappa shape index (κ3) is 3.17. The number of nitrogens with one attached hydrogen (secondary N) is 1. The molecule has 0 radical (unpaired) electrons. The van der Waals surface area contributed by atoms with Crippen LogP contribution in [0, 0.1) is 5.92 Å². The number of likely N-dealkylation sites (tertiary alicyclic amines) is 1. The zero-order chi connectivity index (χ0) is 15.9. The molecule has 4 amide bonds. The Bertz CT molecular complexity index is 511. The second-order valence-corrected chi connectivity index (χ2v) is 6.77. The van der Waals surface area contributed by atoms with Gasteiger partial charge in [0.15, 0.2) is 0 Å². The maximum atomic E-state index is 12.5. The Balaban J connectivity index is 0.00000192. The number of imide groups is 1. The van der Waals surface area contributed by atoms with E-state index in [1.54, 1.807) is 11.8 Å². The average molecular weight is 345 g/mol. The zero-order valence-electron chi connectivity index (χ0n) is 13.4. The molecule has 2 unspecified atom stereocenters. The highest BCUT2D eigenvalue weighted by Gasteiger charge is 2.56. The number of hydrogen-bond donors (Lipinski definition) is 2. The first-order valence-electron chi connectivity index (χ1n) is 8.11. The van der Waals surface area contributed by atoms with Crippen molar-refractivity contribution in [2.75, 3.05) is 19.6 Å². The maximum Gasteiger partial charge on any atom is 0.325 e. The summed E-state index contributed by atoms with van der Waals surface area (Å²) in [5.41, 5.74) is 4.90. The number of piperidine rings is 1. The highest BCUT2D eigenvalue weighted by atomic mass is 35.5. The van der Waals surface area contributed by atoms with Gasteiger partial charge in [-0.1, -0.05) is 0 Å². The molecule has 3 aliphatic rings. The lowest BCUT2D eigenvalue weighted by Gasteiger charge is -2.35. The average Bonchev–Trinajstić information content (AvgIpc) is 3.33. The molecule has 23 heavy (non-hydrogen) atoms. The van der Waals surface area contributed by atoms with Crippen molar-refractivity contribution >= 4 is 30.3 Å². The van der Waals surface area contributed by atoms with Gasteiger partial charge in [-0.2, -0.15) is 0 Å². The lowest BCUT2D eigenvalue weighted by atomic mass is 9.96. The number of nitrogens with two attached hydrogens (primary N) is 1. The summed E-state index contributed by atoms with van der Waals surface area (Å²) in [7, 11) is 0. The zero-order valence-corrected chi connectivity index (χ0v) is 14.2. The number of hydrogen-bond acceptors (Lipinski definition) is 4. The summed E-state index contributed by atoms with van der Waals surface area (Å²) in [5, 5.41) is 2.77. The van der Waals surface area contributed by atoms with Gasteiger partial charge in [-0.25, -0.2) is 4.79 Å². The lowest BCUT2D eigenvalue weighted by molar-refractivity contribution is -0.141. The van der Waals surface area contributed by atoms with Crippen LogP contribution in [0.15, 0.2) is 0 Å². The quantitative estimate of drug-likeness (QED) is 0.724. The topological polar surface area (TPSA) is 95.7 Å². The largest absolute Gasteiger partial charge is 0.337 e. The van der Waals surface area contributed by atoms with Gasteiger partial charge < -0.3 is 16.0 Å². The van der Waals surface area contributed by atoms with Gasteiger partial charge in [0.25, 0.3) is 5.91 Å². The number of urea groups is 1. The SMILES string of the molecule is CC1(C2CC2)NC(=O)N(CC(=O)N2CCCCC2CN)C1=O.Cl. The van der Waals surface area contributed by atoms with E-state index in [1.165, 1.54) is 0 Å². The van der Waals surface area contributed by atoms with Crippen molar-refractivity contribution in [3.05, 3.63) is 0 Å². The summed E-state index contributed by atoms with van der Waals surface area (Å²) >= 11 is 0. The van der Waals surface area contributed by atoms with E-state index in [4.69, 9.17) is 5.73 Å². The van der Waals surface area contributed by atoms with Gasteiger partial charge in [-0.05, 0) is 44.9 Å². The van der Waals surface area contributed by atoms with Crippen LogP contribution in [-0.2, 0) is 9.59 Å². The van der Waals surface area contributed by atoms with Crippen LogP contribution in [0.5, 0.6) is 0 Å². The third-order valence-electron chi connectivity index (χ3n) is 5.21. The first-order chi connectivity index (χ1) is 10.5. The summed E-state index contributed by atoms with van der Waals surface area (Å²) in [6.07, 6.45) is 4.80. The number of nitrogens with zero attached hydrogens (tertiary/aromatic N) is 2. The van der Waals surface area contributed by atoms with E-state index < -0.39 is 11.6 Å². The van der Waals surface area contributed by atoms with Crippen LogP contribution in [0.1, 0.15) is 39.0 Å².